The third-order valence-electron chi connectivity index (χ3n) is 4.97. The van der Waals surface area contributed by atoms with Crippen molar-refractivity contribution < 1.29 is 18.4 Å². The van der Waals surface area contributed by atoms with Gasteiger partial charge in [-0.2, -0.15) is 4.31 Å². The van der Waals surface area contributed by atoms with Crippen molar-refractivity contribution in [2.75, 3.05) is 0 Å². The van der Waals surface area contributed by atoms with Gasteiger partial charge in [-0.1, -0.05) is 24.3 Å². The summed E-state index contributed by atoms with van der Waals surface area (Å²) >= 11 is 0. The summed E-state index contributed by atoms with van der Waals surface area (Å²) in [6.07, 6.45) is 4.91. The Labute approximate surface area is 185 Å². The maximum atomic E-state index is 13.6. The lowest BCUT2D eigenvalue weighted by Crippen LogP contribution is -2.30. The number of pyridine rings is 2. The smallest absolute Gasteiger partial charge is 0.274 e. The van der Waals surface area contributed by atoms with Gasteiger partial charge in [-0.3, -0.25) is 20.0 Å². The fourth-order valence-electron chi connectivity index (χ4n) is 3.31. The van der Waals surface area contributed by atoms with E-state index in [1.165, 1.54) is 16.4 Å². The van der Waals surface area contributed by atoms with E-state index in [1.807, 2.05) is 12.1 Å². The number of fused-ring (bicyclic) bond motifs is 1. The third kappa shape index (κ3) is 4.65. The molecule has 0 spiro atoms. The molecule has 32 heavy (non-hydrogen) atoms. The zero-order chi connectivity index (χ0) is 22.6. The van der Waals surface area contributed by atoms with E-state index in [0.717, 1.165) is 10.9 Å². The molecule has 0 unspecified atom stereocenters. The van der Waals surface area contributed by atoms with Crippen LogP contribution < -0.4 is 5.48 Å². The molecule has 0 aliphatic heterocycles. The molecular weight excluding hydrogens is 428 g/mol. The number of hydrogen-bond donors (Lipinski definition) is 2. The van der Waals surface area contributed by atoms with Gasteiger partial charge in [0.25, 0.3) is 5.91 Å². The quantitative estimate of drug-likeness (QED) is 0.332. The van der Waals surface area contributed by atoms with Crippen molar-refractivity contribution in [3.8, 4) is 0 Å². The number of rotatable bonds is 7. The molecule has 0 atom stereocenters. The van der Waals surface area contributed by atoms with Crippen LogP contribution in [0.5, 0.6) is 0 Å². The van der Waals surface area contributed by atoms with Crippen LogP contribution in [0.25, 0.3) is 10.9 Å². The molecule has 2 heterocycles. The van der Waals surface area contributed by atoms with Gasteiger partial charge in [0.2, 0.25) is 10.0 Å². The van der Waals surface area contributed by atoms with Crippen molar-refractivity contribution in [2.45, 2.75) is 18.0 Å². The monoisotopic (exact) mass is 448 g/mol. The number of nitrogens with one attached hydrogen (secondary N) is 1. The van der Waals surface area contributed by atoms with Crippen molar-refractivity contribution in [1.82, 2.24) is 19.8 Å². The molecule has 2 aromatic heterocycles. The first-order valence-corrected chi connectivity index (χ1v) is 11.2. The van der Waals surface area contributed by atoms with Crippen molar-refractivity contribution >= 4 is 26.8 Å². The summed E-state index contributed by atoms with van der Waals surface area (Å²) in [7, 11) is -3.86. The third-order valence-corrected chi connectivity index (χ3v) is 6.76. The van der Waals surface area contributed by atoms with Crippen LogP contribution in [0.2, 0.25) is 0 Å². The molecular formula is C23H20N4O4S. The van der Waals surface area contributed by atoms with E-state index >= 15 is 0 Å². The van der Waals surface area contributed by atoms with Crippen molar-refractivity contribution in [3.63, 3.8) is 0 Å². The van der Waals surface area contributed by atoms with Crippen molar-refractivity contribution in [3.05, 3.63) is 102 Å². The first-order valence-electron chi connectivity index (χ1n) is 9.74. The second kappa shape index (κ2) is 9.23. The van der Waals surface area contributed by atoms with Crippen LogP contribution in [0.4, 0.5) is 0 Å². The predicted octanol–water partition coefficient (Wildman–Crippen LogP) is 3.14. The molecule has 4 aromatic rings. The number of hydrogen-bond acceptors (Lipinski definition) is 6. The maximum Gasteiger partial charge on any atom is 0.274 e. The molecule has 0 saturated carbocycles. The van der Waals surface area contributed by atoms with E-state index in [9.17, 15) is 13.2 Å². The highest BCUT2D eigenvalue weighted by atomic mass is 32.2. The molecule has 4 rings (SSSR count). The highest BCUT2D eigenvalue weighted by Gasteiger charge is 2.25. The Kier molecular flexibility index (Phi) is 6.22. The summed E-state index contributed by atoms with van der Waals surface area (Å²) in [6.45, 7) is 0.212. The second-order valence-corrected chi connectivity index (χ2v) is 9.07. The Bertz CT molecular complexity index is 1340. The predicted molar refractivity (Wildman–Crippen MR) is 118 cm³/mol. The van der Waals surface area contributed by atoms with Gasteiger partial charge in [0.15, 0.2) is 0 Å². The molecule has 0 fully saturated rings. The molecule has 2 aromatic carbocycles. The number of benzene rings is 2. The van der Waals surface area contributed by atoms with Crippen LogP contribution in [0.3, 0.4) is 0 Å². The highest BCUT2D eigenvalue weighted by molar-refractivity contribution is 7.89. The summed E-state index contributed by atoms with van der Waals surface area (Å²) < 4.78 is 28.6. The molecule has 0 radical (unpaired) electrons. The highest BCUT2D eigenvalue weighted by Crippen LogP contribution is 2.24. The second-order valence-electron chi connectivity index (χ2n) is 7.13. The number of carbonyl (C=O) groups is 1. The fraction of sp³-hybridized carbons (Fsp3) is 0.0870. The number of nitrogens with zero attached hydrogens (tertiary/aromatic N) is 3. The van der Waals surface area contributed by atoms with E-state index in [0.29, 0.717) is 11.1 Å². The van der Waals surface area contributed by atoms with Crippen LogP contribution in [0.1, 0.15) is 21.5 Å². The topological polar surface area (TPSA) is 112 Å². The van der Waals surface area contributed by atoms with Gasteiger partial charge in [-0.15, -0.1) is 0 Å². The molecule has 0 aliphatic rings. The minimum atomic E-state index is -3.86. The van der Waals surface area contributed by atoms with E-state index in [2.05, 4.69) is 9.97 Å². The normalized spacial score (nSPS) is 11.6. The average Bonchev–Trinajstić information content (AvgIpc) is 2.84. The molecule has 8 nitrogen and oxygen atoms in total. The van der Waals surface area contributed by atoms with Crippen molar-refractivity contribution in [1.29, 1.82) is 0 Å². The SMILES string of the molecule is O=C(NO)c1ccc(CN(Cc2cccnc2)S(=O)(=O)c2ccc3ncccc3c2)cc1. The fourth-order valence-corrected chi connectivity index (χ4v) is 4.77. The molecule has 1 amide bonds. The Hall–Kier alpha value is -3.66. The summed E-state index contributed by atoms with van der Waals surface area (Å²) in [6, 6.07) is 18.4. The summed E-state index contributed by atoms with van der Waals surface area (Å²) in [5, 5.41) is 9.51. The lowest BCUT2D eigenvalue weighted by Gasteiger charge is -2.23. The summed E-state index contributed by atoms with van der Waals surface area (Å²) in [4.78, 5) is 20.1. The van der Waals surface area contributed by atoms with E-state index in [-0.39, 0.29) is 23.5 Å². The molecule has 2 N–H and O–H groups in total. The summed E-state index contributed by atoms with van der Waals surface area (Å²) in [5.41, 5.74) is 3.99. The minimum absolute atomic E-state index is 0.0866. The molecule has 162 valence electrons. The molecule has 9 heteroatoms. The van der Waals surface area contributed by atoms with Gasteiger partial charge in [0, 0.05) is 42.6 Å². The number of aromatic nitrogens is 2. The van der Waals surface area contributed by atoms with Gasteiger partial charge in [0.1, 0.15) is 0 Å². The Morgan fingerprint density at radius 1 is 0.938 bits per heavy atom. The van der Waals surface area contributed by atoms with E-state index < -0.39 is 15.9 Å². The minimum Gasteiger partial charge on any atom is -0.288 e. The molecule has 0 aliphatic carbocycles. The maximum absolute atomic E-state index is 13.6. The lowest BCUT2D eigenvalue weighted by molar-refractivity contribution is 0.0706. The van der Waals surface area contributed by atoms with E-state index in [4.69, 9.17) is 5.21 Å². The van der Waals surface area contributed by atoms with Crippen LogP contribution in [-0.4, -0.2) is 33.8 Å². The first-order chi connectivity index (χ1) is 15.5. The molecule has 0 bridgehead atoms. The van der Waals surface area contributed by atoms with Crippen LogP contribution in [-0.2, 0) is 23.1 Å². The van der Waals surface area contributed by atoms with Crippen molar-refractivity contribution in [2.24, 2.45) is 0 Å². The van der Waals surface area contributed by atoms with Crippen LogP contribution in [0, 0.1) is 0 Å². The summed E-state index contributed by atoms with van der Waals surface area (Å²) in [5.74, 6) is -0.638. The van der Waals surface area contributed by atoms with E-state index in [1.54, 1.807) is 66.5 Å². The zero-order valence-corrected chi connectivity index (χ0v) is 17.7. The number of carbonyl (C=O) groups excluding carboxylic acids is 1. The Balaban J connectivity index is 1.69. The lowest BCUT2D eigenvalue weighted by atomic mass is 10.1. The zero-order valence-electron chi connectivity index (χ0n) is 16.9. The van der Waals surface area contributed by atoms with Gasteiger partial charge < -0.3 is 0 Å². The van der Waals surface area contributed by atoms with Gasteiger partial charge >= 0.3 is 0 Å². The average molecular weight is 449 g/mol. The number of sulfonamides is 1. The van der Waals surface area contributed by atoms with Crippen LogP contribution in [0.15, 0.2) is 90.2 Å². The molecule has 0 saturated heterocycles. The Morgan fingerprint density at radius 3 is 2.41 bits per heavy atom. The Morgan fingerprint density at radius 2 is 1.69 bits per heavy atom. The van der Waals surface area contributed by atoms with Crippen LogP contribution >= 0.6 is 0 Å². The van der Waals surface area contributed by atoms with Gasteiger partial charge in [-0.25, -0.2) is 13.9 Å². The largest absolute Gasteiger partial charge is 0.288 e. The van der Waals surface area contributed by atoms with Gasteiger partial charge in [0.05, 0.1) is 10.4 Å². The van der Waals surface area contributed by atoms with Gasteiger partial charge in [-0.05, 0) is 53.6 Å². The number of hydroxylamine groups is 1. The first kappa shape index (κ1) is 21.6. The number of amides is 1. The standard InChI is InChI=1S/C23H20N4O4S/c28-23(26-29)19-7-5-17(6-8-19)15-27(16-18-3-1-11-24-14-18)32(30,31)21-9-10-22-20(13-21)4-2-12-25-22/h1-14,29H,15-16H2,(H,26,28).